The SMILES string of the molecule is NC1CCN(c2cc(Cl)c(F)c(Cl)c2)C1=O. The zero-order valence-corrected chi connectivity index (χ0v) is 9.72. The number of amides is 1. The van der Waals surface area contributed by atoms with Gasteiger partial charge in [0.25, 0.3) is 0 Å². The first-order valence-corrected chi connectivity index (χ1v) is 5.48. The van der Waals surface area contributed by atoms with E-state index in [2.05, 4.69) is 0 Å². The van der Waals surface area contributed by atoms with Crippen LogP contribution in [0.3, 0.4) is 0 Å². The van der Waals surface area contributed by atoms with Crippen molar-refractivity contribution in [3.8, 4) is 0 Å². The summed E-state index contributed by atoms with van der Waals surface area (Å²) in [6.45, 7) is 0.498. The molecule has 0 radical (unpaired) electrons. The third-order valence-electron chi connectivity index (χ3n) is 2.53. The number of benzene rings is 1. The van der Waals surface area contributed by atoms with Crippen molar-refractivity contribution in [3.63, 3.8) is 0 Å². The van der Waals surface area contributed by atoms with Crippen LogP contribution in [0.4, 0.5) is 10.1 Å². The number of carbonyl (C=O) groups is 1. The van der Waals surface area contributed by atoms with Gasteiger partial charge in [-0.2, -0.15) is 0 Å². The Morgan fingerprint density at radius 2 is 1.94 bits per heavy atom. The minimum Gasteiger partial charge on any atom is -0.320 e. The third-order valence-corrected chi connectivity index (χ3v) is 3.08. The summed E-state index contributed by atoms with van der Waals surface area (Å²) in [6, 6.07) is 2.25. The summed E-state index contributed by atoms with van der Waals surface area (Å²) in [5, 5.41) is -0.202. The average molecular weight is 263 g/mol. The van der Waals surface area contributed by atoms with Crippen LogP contribution in [-0.2, 0) is 4.79 Å². The maximum atomic E-state index is 13.2. The zero-order chi connectivity index (χ0) is 11.9. The molecule has 1 fully saturated rings. The van der Waals surface area contributed by atoms with E-state index in [0.717, 1.165) is 0 Å². The molecule has 1 aliphatic heterocycles. The Morgan fingerprint density at radius 1 is 1.38 bits per heavy atom. The average Bonchev–Trinajstić information content (AvgIpc) is 2.56. The van der Waals surface area contributed by atoms with Gasteiger partial charge in [0.1, 0.15) is 0 Å². The molecule has 1 saturated heterocycles. The highest BCUT2D eigenvalue weighted by Crippen LogP contribution is 2.31. The van der Waals surface area contributed by atoms with Gasteiger partial charge in [0.15, 0.2) is 5.82 Å². The zero-order valence-electron chi connectivity index (χ0n) is 8.21. The van der Waals surface area contributed by atoms with Gasteiger partial charge in [-0.25, -0.2) is 4.39 Å². The van der Waals surface area contributed by atoms with Crippen molar-refractivity contribution in [1.29, 1.82) is 0 Å². The molecule has 0 saturated carbocycles. The van der Waals surface area contributed by atoms with Crippen molar-refractivity contribution >= 4 is 34.8 Å². The second kappa shape index (κ2) is 4.20. The molecule has 1 aromatic rings. The van der Waals surface area contributed by atoms with Crippen LogP contribution < -0.4 is 10.6 Å². The van der Waals surface area contributed by atoms with Crippen LogP contribution >= 0.6 is 23.2 Å². The molecule has 2 rings (SSSR count). The number of carbonyl (C=O) groups excluding carboxylic acids is 1. The Morgan fingerprint density at radius 3 is 2.38 bits per heavy atom. The summed E-state index contributed by atoms with van der Waals surface area (Å²) in [5.74, 6) is -0.873. The van der Waals surface area contributed by atoms with Crippen molar-refractivity contribution in [2.24, 2.45) is 5.73 Å². The molecular formula is C10H9Cl2FN2O. The summed E-state index contributed by atoms with van der Waals surface area (Å²) in [7, 11) is 0. The van der Waals surface area contributed by atoms with E-state index in [1.54, 1.807) is 0 Å². The van der Waals surface area contributed by atoms with Gasteiger partial charge in [-0.1, -0.05) is 23.2 Å². The molecule has 2 N–H and O–H groups in total. The Kier molecular flexibility index (Phi) is 3.06. The fourth-order valence-corrected chi connectivity index (χ4v) is 2.13. The highest BCUT2D eigenvalue weighted by Gasteiger charge is 2.30. The maximum absolute atomic E-state index is 13.2. The lowest BCUT2D eigenvalue weighted by atomic mass is 10.2. The highest BCUT2D eigenvalue weighted by atomic mass is 35.5. The van der Waals surface area contributed by atoms with Gasteiger partial charge in [0, 0.05) is 12.2 Å². The van der Waals surface area contributed by atoms with Gasteiger partial charge in [-0.05, 0) is 18.6 Å². The number of rotatable bonds is 1. The van der Waals surface area contributed by atoms with Gasteiger partial charge in [-0.15, -0.1) is 0 Å². The minimum atomic E-state index is -0.678. The Labute approximate surface area is 102 Å². The fraction of sp³-hybridized carbons (Fsp3) is 0.300. The van der Waals surface area contributed by atoms with E-state index in [1.165, 1.54) is 17.0 Å². The normalized spacial score (nSPS) is 20.6. The maximum Gasteiger partial charge on any atom is 0.243 e. The molecular weight excluding hydrogens is 254 g/mol. The van der Waals surface area contributed by atoms with E-state index in [-0.39, 0.29) is 16.0 Å². The number of nitrogens with zero attached hydrogens (tertiary/aromatic N) is 1. The monoisotopic (exact) mass is 262 g/mol. The first-order valence-electron chi connectivity index (χ1n) is 4.72. The predicted octanol–water partition coefficient (Wildman–Crippen LogP) is 2.20. The van der Waals surface area contributed by atoms with E-state index in [0.29, 0.717) is 18.7 Å². The van der Waals surface area contributed by atoms with Crippen LogP contribution in [0.25, 0.3) is 0 Å². The molecule has 86 valence electrons. The summed E-state index contributed by atoms with van der Waals surface area (Å²) < 4.78 is 13.2. The Hall–Kier alpha value is -0.840. The number of halogens is 3. The van der Waals surface area contributed by atoms with E-state index in [4.69, 9.17) is 28.9 Å². The topological polar surface area (TPSA) is 46.3 Å². The lowest BCUT2D eigenvalue weighted by molar-refractivity contribution is -0.118. The van der Waals surface area contributed by atoms with Crippen LogP contribution in [0.1, 0.15) is 6.42 Å². The number of hydrogen-bond acceptors (Lipinski definition) is 2. The van der Waals surface area contributed by atoms with E-state index in [1.807, 2.05) is 0 Å². The van der Waals surface area contributed by atoms with Crippen LogP contribution in [0, 0.1) is 5.82 Å². The number of nitrogens with two attached hydrogens (primary N) is 1. The minimum absolute atomic E-state index is 0.101. The molecule has 0 spiro atoms. The Bertz CT molecular complexity index is 429. The van der Waals surface area contributed by atoms with E-state index in [9.17, 15) is 9.18 Å². The molecule has 1 unspecified atom stereocenters. The molecule has 6 heteroatoms. The van der Waals surface area contributed by atoms with E-state index >= 15 is 0 Å². The quantitative estimate of drug-likeness (QED) is 0.789. The van der Waals surface area contributed by atoms with Gasteiger partial charge in [0.05, 0.1) is 16.1 Å². The second-order valence-corrected chi connectivity index (χ2v) is 4.42. The molecule has 1 amide bonds. The summed E-state index contributed by atoms with van der Waals surface area (Å²) in [4.78, 5) is 13.1. The van der Waals surface area contributed by atoms with Crippen molar-refractivity contribution in [1.82, 2.24) is 0 Å². The van der Waals surface area contributed by atoms with Crippen molar-refractivity contribution in [2.45, 2.75) is 12.5 Å². The van der Waals surface area contributed by atoms with Crippen LogP contribution in [0.5, 0.6) is 0 Å². The predicted molar refractivity (Wildman–Crippen MR) is 61.4 cm³/mol. The second-order valence-electron chi connectivity index (χ2n) is 3.61. The largest absolute Gasteiger partial charge is 0.320 e. The van der Waals surface area contributed by atoms with Crippen molar-refractivity contribution < 1.29 is 9.18 Å². The first kappa shape index (κ1) is 11.6. The smallest absolute Gasteiger partial charge is 0.243 e. The molecule has 1 aromatic carbocycles. The highest BCUT2D eigenvalue weighted by molar-refractivity contribution is 6.35. The van der Waals surface area contributed by atoms with E-state index < -0.39 is 11.9 Å². The molecule has 1 atom stereocenters. The molecule has 0 aromatic heterocycles. The molecule has 16 heavy (non-hydrogen) atoms. The summed E-state index contributed by atoms with van der Waals surface area (Å²) >= 11 is 11.3. The summed E-state index contributed by atoms with van der Waals surface area (Å²) in [5.41, 5.74) is 6.06. The number of hydrogen-bond donors (Lipinski definition) is 1. The standard InChI is InChI=1S/C10H9Cl2FN2O/c11-6-3-5(4-7(12)9(6)13)15-2-1-8(14)10(15)16/h3-4,8H,1-2,14H2. The lowest BCUT2D eigenvalue weighted by Crippen LogP contribution is -2.33. The van der Waals surface area contributed by atoms with Gasteiger partial charge in [0.2, 0.25) is 5.91 Å². The molecule has 0 bridgehead atoms. The molecule has 0 aliphatic carbocycles. The molecule has 3 nitrogen and oxygen atoms in total. The molecule has 1 aliphatic rings. The third kappa shape index (κ3) is 1.88. The first-order chi connectivity index (χ1) is 7.50. The summed E-state index contributed by atoms with van der Waals surface area (Å²) in [6.07, 6.45) is 0.575. The Balaban J connectivity index is 2.39. The number of anilines is 1. The van der Waals surface area contributed by atoms with Crippen LogP contribution in [0.2, 0.25) is 10.0 Å². The van der Waals surface area contributed by atoms with Gasteiger partial charge >= 0.3 is 0 Å². The molecule has 1 heterocycles. The van der Waals surface area contributed by atoms with Gasteiger partial charge in [-0.3, -0.25) is 4.79 Å². The van der Waals surface area contributed by atoms with Crippen molar-refractivity contribution in [2.75, 3.05) is 11.4 Å². The fourth-order valence-electron chi connectivity index (χ4n) is 1.66. The van der Waals surface area contributed by atoms with Gasteiger partial charge < -0.3 is 10.6 Å². The van der Waals surface area contributed by atoms with Crippen LogP contribution in [-0.4, -0.2) is 18.5 Å². The lowest BCUT2D eigenvalue weighted by Gasteiger charge is -2.17. The van der Waals surface area contributed by atoms with Crippen LogP contribution in [0.15, 0.2) is 12.1 Å². The van der Waals surface area contributed by atoms with Crippen molar-refractivity contribution in [3.05, 3.63) is 28.0 Å².